The Bertz CT molecular complexity index is 828. The number of carbonyl (C=O) groups is 2. The molecule has 0 aliphatic carbocycles. The summed E-state index contributed by atoms with van der Waals surface area (Å²) in [6, 6.07) is 8.90. The maximum atomic E-state index is 13.7. The largest absolute Gasteiger partial charge is 0.324 e. The maximum absolute atomic E-state index is 13.7. The van der Waals surface area contributed by atoms with Crippen LogP contribution in [0.15, 0.2) is 36.4 Å². The summed E-state index contributed by atoms with van der Waals surface area (Å²) in [6.07, 6.45) is 0.0820. The minimum absolute atomic E-state index is 0.0319. The van der Waals surface area contributed by atoms with E-state index in [1.807, 2.05) is 0 Å². The number of likely N-dealkylation sites (N-methyl/N-ethyl adjacent to an activating group) is 1. The molecule has 0 bridgehead atoms. The fourth-order valence-corrected chi connectivity index (χ4v) is 2.87. The van der Waals surface area contributed by atoms with E-state index in [1.54, 1.807) is 30.1 Å². The van der Waals surface area contributed by atoms with Crippen LogP contribution in [0.25, 0.3) is 0 Å². The second kappa shape index (κ2) is 9.90. The molecule has 2 aromatic carbocycles. The molecule has 0 atom stereocenters. The lowest BCUT2D eigenvalue weighted by Gasteiger charge is -2.17. The normalized spacial score (nSPS) is 10.7. The minimum atomic E-state index is -0.611. The van der Waals surface area contributed by atoms with E-state index < -0.39 is 5.82 Å². The standard InChI is InChI=1S/C18H17Cl3FN3O2/c1-25(10-17(27)24-18-12(20)3-2-4-13(18)21)8-7-16(26)23-15-6-5-11(19)9-14(15)22/h2-6,9H,7-8,10H2,1H3,(H,23,26)(H,24,27). The van der Waals surface area contributed by atoms with Crippen molar-refractivity contribution in [2.75, 3.05) is 30.8 Å². The smallest absolute Gasteiger partial charge is 0.238 e. The van der Waals surface area contributed by atoms with Crippen molar-refractivity contribution in [3.8, 4) is 0 Å². The third-order valence-electron chi connectivity index (χ3n) is 3.57. The van der Waals surface area contributed by atoms with Crippen LogP contribution >= 0.6 is 34.8 Å². The number of halogens is 4. The summed E-state index contributed by atoms with van der Waals surface area (Å²) < 4.78 is 13.7. The van der Waals surface area contributed by atoms with Gasteiger partial charge in [0.25, 0.3) is 0 Å². The van der Waals surface area contributed by atoms with E-state index in [9.17, 15) is 14.0 Å². The second-order valence-electron chi connectivity index (χ2n) is 5.80. The van der Waals surface area contributed by atoms with Crippen LogP contribution < -0.4 is 10.6 Å². The number of carbonyl (C=O) groups excluding carboxylic acids is 2. The van der Waals surface area contributed by atoms with E-state index in [0.29, 0.717) is 22.3 Å². The molecule has 0 spiro atoms. The summed E-state index contributed by atoms with van der Waals surface area (Å²) in [5, 5.41) is 6.03. The number of nitrogens with zero attached hydrogens (tertiary/aromatic N) is 1. The predicted molar refractivity (Wildman–Crippen MR) is 107 cm³/mol. The Kier molecular flexibility index (Phi) is 7.86. The molecule has 5 nitrogen and oxygen atoms in total. The van der Waals surface area contributed by atoms with Crippen LogP contribution in [-0.4, -0.2) is 36.9 Å². The number of nitrogens with one attached hydrogen (secondary N) is 2. The van der Waals surface area contributed by atoms with Gasteiger partial charge in [-0.2, -0.15) is 0 Å². The minimum Gasteiger partial charge on any atom is -0.324 e. The number of hydrogen-bond acceptors (Lipinski definition) is 3. The first-order valence-corrected chi connectivity index (χ1v) is 9.07. The third kappa shape index (κ3) is 6.66. The molecule has 0 unspecified atom stereocenters. The van der Waals surface area contributed by atoms with Crippen molar-refractivity contribution in [1.82, 2.24) is 4.90 Å². The summed E-state index contributed by atoms with van der Waals surface area (Å²) in [6.45, 7) is 0.328. The highest BCUT2D eigenvalue weighted by Crippen LogP contribution is 2.29. The molecule has 2 rings (SSSR count). The average molecular weight is 433 g/mol. The number of para-hydroxylation sites is 1. The zero-order valence-corrected chi connectivity index (χ0v) is 16.6. The highest BCUT2D eigenvalue weighted by molar-refractivity contribution is 6.39. The van der Waals surface area contributed by atoms with E-state index in [1.165, 1.54) is 12.1 Å². The van der Waals surface area contributed by atoms with Gasteiger partial charge in [0.1, 0.15) is 5.82 Å². The van der Waals surface area contributed by atoms with Gasteiger partial charge < -0.3 is 10.6 Å². The van der Waals surface area contributed by atoms with Crippen LogP contribution in [0.1, 0.15) is 6.42 Å². The molecule has 27 heavy (non-hydrogen) atoms. The number of anilines is 2. The Morgan fingerprint density at radius 1 is 1.04 bits per heavy atom. The predicted octanol–water partition coefficient (Wildman–Crippen LogP) is 4.69. The molecule has 2 amide bonds. The Morgan fingerprint density at radius 2 is 1.70 bits per heavy atom. The van der Waals surface area contributed by atoms with Gasteiger partial charge in [-0.05, 0) is 37.4 Å². The molecule has 0 radical (unpaired) electrons. The van der Waals surface area contributed by atoms with E-state index >= 15 is 0 Å². The Balaban J connectivity index is 1.80. The van der Waals surface area contributed by atoms with Gasteiger partial charge in [-0.3, -0.25) is 14.5 Å². The molecular formula is C18H17Cl3FN3O2. The van der Waals surface area contributed by atoms with E-state index in [4.69, 9.17) is 34.8 Å². The molecule has 2 aromatic rings. The van der Waals surface area contributed by atoms with E-state index in [0.717, 1.165) is 6.07 Å². The molecule has 0 aliphatic heterocycles. The molecule has 9 heteroatoms. The van der Waals surface area contributed by atoms with Crippen LogP contribution in [0.4, 0.5) is 15.8 Å². The first kappa shape index (κ1) is 21.4. The van der Waals surface area contributed by atoms with Crippen molar-refractivity contribution in [2.24, 2.45) is 0 Å². The molecule has 144 valence electrons. The number of benzene rings is 2. The van der Waals surface area contributed by atoms with Crippen LogP contribution in [0.5, 0.6) is 0 Å². The topological polar surface area (TPSA) is 61.4 Å². The van der Waals surface area contributed by atoms with Crippen molar-refractivity contribution >= 4 is 58.0 Å². The van der Waals surface area contributed by atoms with Crippen molar-refractivity contribution in [3.05, 3.63) is 57.3 Å². The van der Waals surface area contributed by atoms with Gasteiger partial charge in [-0.1, -0.05) is 40.9 Å². The first-order chi connectivity index (χ1) is 12.8. The lowest BCUT2D eigenvalue weighted by molar-refractivity contribution is -0.119. The zero-order chi connectivity index (χ0) is 20.0. The zero-order valence-electron chi connectivity index (χ0n) is 14.4. The van der Waals surface area contributed by atoms with Crippen molar-refractivity contribution in [2.45, 2.75) is 6.42 Å². The SMILES string of the molecule is CN(CCC(=O)Nc1ccc(Cl)cc1F)CC(=O)Nc1c(Cl)cccc1Cl. The average Bonchev–Trinajstić information content (AvgIpc) is 2.59. The van der Waals surface area contributed by atoms with Crippen molar-refractivity contribution < 1.29 is 14.0 Å². The maximum Gasteiger partial charge on any atom is 0.238 e. The summed E-state index contributed by atoms with van der Waals surface area (Å²) in [5.74, 6) is -1.31. The van der Waals surface area contributed by atoms with Crippen molar-refractivity contribution in [1.29, 1.82) is 0 Å². The van der Waals surface area contributed by atoms with Crippen LogP contribution in [0, 0.1) is 5.82 Å². The van der Waals surface area contributed by atoms with Gasteiger partial charge in [0.15, 0.2) is 0 Å². The molecule has 0 fully saturated rings. The summed E-state index contributed by atoms with van der Waals surface area (Å²) in [5.41, 5.74) is 0.397. The second-order valence-corrected chi connectivity index (χ2v) is 7.06. The fourth-order valence-electron chi connectivity index (χ4n) is 2.22. The molecular weight excluding hydrogens is 416 g/mol. The van der Waals surface area contributed by atoms with Crippen LogP contribution in [0.3, 0.4) is 0 Å². The molecule has 0 saturated heterocycles. The molecule has 0 saturated carbocycles. The lowest BCUT2D eigenvalue weighted by Crippen LogP contribution is -2.32. The highest BCUT2D eigenvalue weighted by atomic mass is 35.5. The lowest BCUT2D eigenvalue weighted by atomic mass is 10.3. The van der Waals surface area contributed by atoms with E-state index in [-0.39, 0.29) is 35.5 Å². The van der Waals surface area contributed by atoms with Gasteiger partial charge in [0.2, 0.25) is 11.8 Å². The summed E-state index contributed by atoms with van der Waals surface area (Å²) in [4.78, 5) is 25.7. The van der Waals surface area contributed by atoms with Gasteiger partial charge in [0, 0.05) is 18.0 Å². The van der Waals surface area contributed by atoms with Gasteiger partial charge in [0.05, 0.1) is 28.0 Å². The summed E-state index contributed by atoms with van der Waals surface area (Å²) in [7, 11) is 1.68. The molecule has 0 aliphatic rings. The van der Waals surface area contributed by atoms with Gasteiger partial charge in [-0.15, -0.1) is 0 Å². The van der Waals surface area contributed by atoms with Gasteiger partial charge in [-0.25, -0.2) is 4.39 Å². The summed E-state index contributed by atoms with van der Waals surface area (Å²) >= 11 is 17.7. The highest BCUT2D eigenvalue weighted by Gasteiger charge is 2.13. The molecule has 2 N–H and O–H groups in total. The number of amides is 2. The Morgan fingerprint density at radius 3 is 2.33 bits per heavy atom. The molecule has 0 aromatic heterocycles. The Labute approximate surface area is 171 Å². The fraction of sp³-hybridized carbons (Fsp3) is 0.222. The molecule has 0 heterocycles. The monoisotopic (exact) mass is 431 g/mol. The van der Waals surface area contributed by atoms with Crippen LogP contribution in [-0.2, 0) is 9.59 Å². The first-order valence-electron chi connectivity index (χ1n) is 7.93. The number of hydrogen-bond donors (Lipinski definition) is 2. The van der Waals surface area contributed by atoms with E-state index in [2.05, 4.69) is 10.6 Å². The third-order valence-corrected chi connectivity index (χ3v) is 4.43. The van der Waals surface area contributed by atoms with Gasteiger partial charge >= 0.3 is 0 Å². The Hall–Kier alpha value is -1.86. The van der Waals surface area contributed by atoms with Crippen molar-refractivity contribution in [3.63, 3.8) is 0 Å². The number of rotatable bonds is 7. The van der Waals surface area contributed by atoms with Crippen LogP contribution in [0.2, 0.25) is 15.1 Å². The quantitative estimate of drug-likeness (QED) is 0.667.